The van der Waals surface area contributed by atoms with Gasteiger partial charge in [0.05, 0.1) is 7.11 Å². The van der Waals surface area contributed by atoms with Crippen LogP contribution in [-0.2, 0) is 12.8 Å². The molecule has 0 saturated carbocycles. The molecule has 2 aliphatic rings. The molecule has 1 fully saturated rings. The Labute approximate surface area is 96.2 Å². The lowest BCUT2D eigenvalue weighted by Gasteiger charge is -2.33. The van der Waals surface area contributed by atoms with E-state index >= 15 is 0 Å². The summed E-state index contributed by atoms with van der Waals surface area (Å²) in [5.74, 6) is 0.754. The van der Waals surface area contributed by atoms with Gasteiger partial charge in [-0.25, -0.2) is 4.98 Å². The van der Waals surface area contributed by atoms with Gasteiger partial charge in [0.2, 0.25) is 5.88 Å². The molecule has 0 unspecified atom stereocenters. The molecular weight excluding hydrogens is 200 g/mol. The lowest BCUT2D eigenvalue weighted by Crippen LogP contribution is -2.37. The quantitative estimate of drug-likeness (QED) is 0.776. The minimum Gasteiger partial charge on any atom is -0.481 e. The Bertz CT molecular complexity index is 397. The molecule has 0 radical (unpaired) electrons. The van der Waals surface area contributed by atoms with E-state index in [9.17, 15) is 0 Å². The molecule has 1 aliphatic heterocycles. The second-order valence-corrected chi connectivity index (χ2v) is 5.06. The molecule has 86 valence electrons. The summed E-state index contributed by atoms with van der Waals surface area (Å²) in [6.07, 6.45) is 4.92. The third kappa shape index (κ3) is 1.59. The highest BCUT2D eigenvalue weighted by atomic mass is 16.5. The first-order chi connectivity index (χ1) is 7.81. The number of nitrogens with one attached hydrogen (secondary N) is 1. The number of rotatable bonds is 1. The van der Waals surface area contributed by atoms with Crippen molar-refractivity contribution in [3.8, 4) is 5.88 Å². The minimum atomic E-state index is 0.493. The van der Waals surface area contributed by atoms with Crippen LogP contribution in [0.1, 0.15) is 24.1 Å². The van der Waals surface area contributed by atoms with Crippen LogP contribution >= 0.6 is 0 Å². The molecule has 1 saturated heterocycles. The van der Waals surface area contributed by atoms with Crippen molar-refractivity contribution < 1.29 is 4.74 Å². The Morgan fingerprint density at radius 1 is 1.25 bits per heavy atom. The summed E-state index contributed by atoms with van der Waals surface area (Å²) in [7, 11) is 1.68. The van der Waals surface area contributed by atoms with E-state index in [4.69, 9.17) is 4.74 Å². The van der Waals surface area contributed by atoms with E-state index in [1.165, 1.54) is 30.5 Å². The van der Waals surface area contributed by atoms with Gasteiger partial charge < -0.3 is 10.1 Å². The van der Waals surface area contributed by atoms with E-state index in [1.807, 2.05) is 6.07 Å². The summed E-state index contributed by atoms with van der Waals surface area (Å²) in [6.45, 7) is 2.32. The number of hydrogen-bond acceptors (Lipinski definition) is 3. The van der Waals surface area contributed by atoms with E-state index in [0.29, 0.717) is 5.41 Å². The lowest BCUT2D eigenvalue weighted by atomic mass is 9.77. The van der Waals surface area contributed by atoms with Crippen molar-refractivity contribution in [3.05, 3.63) is 23.4 Å². The van der Waals surface area contributed by atoms with E-state index in [-0.39, 0.29) is 0 Å². The maximum absolute atomic E-state index is 5.19. The molecule has 2 heterocycles. The zero-order valence-electron chi connectivity index (χ0n) is 9.75. The largest absolute Gasteiger partial charge is 0.481 e. The Hall–Kier alpha value is -1.09. The summed E-state index contributed by atoms with van der Waals surface area (Å²) in [5.41, 5.74) is 3.19. The fraction of sp³-hybridized carbons (Fsp3) is 0.615. The van der Waals surface area contributed by atoms with Gasteiger partial charge in [-0.05, 0) is 49.8 Å². The van der Waals surface area contributed by atoms with Gasteiger partial charge in [0.25, 0.3) is 0 Å². The van der Waals surface area contributed by atoms with Crippen molar-refractivity contribution in [2.75, 3.05) is 20.2 Å². The maximum atomic E-state index is 5.19. The molecule has 3 heteroatoms. The molecule has 0 amide bonds. The number of fused-ring (bicyclic) bond motifs is 1. The molecule has 0 bridgehead atoms. The van der Waals surface area contributed by atoms with Crippen LogP contribution in [0.2, 0.25) is 0 Å². The number of nitrogens with zero attached hydrogens (tertiary/aromatic N) is 1. The van der Waals surface area contributed by atoms with Gasteiger partial charge in [-0.1, -0.05) is 6.07 Å². The Kier molecular flexibility index (Phi) is 2.36. The zero-order chi connectivity index (χ0) is 11.0. The third-order valence-corrected chi connectivity index (χ3v) is 4.02. The number of aromatic nitrogens is 1. The van der Waals surface area contributed by atoms with Crippen LogP contribution in [-0.4, -0.2) is 25.2 Å². The van der Waals surface area contributed by atoms with E-state index in [2.05, 4.69) is 16.4 Å². The van der Waals surface area contributed by atoms with Gasteiger partial charge in [0.1, 0.15) is 0 Å². The predicted octanol–water partition coefficient (Wildman–Crippen LogP) is 1.56. The van der Waals surface area contributed by atoms with Gasteiger partial charge in [-0.2, -0.15) is 0 Å². The van der Waals surface area contributed by atoms with E-state index in [0.717, 1.165) is 25.4 Å². The molecular formula is C13H18N2O. The molecule has 1 aromatic heterocycles. The highest BCUT2D eigenvalue weighted by Crippen LogP contribution is 2.42. The summed E-state index contributed by atoms with van der Waals surface area (Å²) in [5, 5.41) is 3.44. The van der Waals surface area contributed by atoms with Crippen molar-refractivity contribution in [3.63, 3.8) is 0 Å². The molecule has 1 N–H and O–H groups in total. The normalized spacial score (nSPS) is 22.1. The maximum Gasteiger partial charge on any atom is 0.213 e. The van der Waals surface area contributed by atoms with Crippen LogP contribution in [0.3, 0.4) is 0 Å². The van der Waals surface area contributed by atoms with Gasteiger partial charge in [-0.3, -0.25) is 0 Å². The molecule has 1 aliphatic carbocycles. The van der Waals surface area contributed by atoms with Crippen molar-refractivity contribution >= 4 is 0 Å². The Morgan fingerprint density at radius 2 is 2.06 bits per heavy atom. The Balaban J connectivity index is 1.87. The van der Waals surface area contributed by atoms with Crippen LogP contribution in [0.15, 0.2) is 12.1 Å². The number of piperidine rings is 1. The average Bonchev–Trinajstić information content (AvgIpc) is 2.66. The number of methoxy groups -OCH3 is 1. The van der Waals surface area contributed by atoms with Gasteiger partial charge >= 0.3 is 0 Å². The molecule has 1 spiro atoms. The van der Waals surface area contributed by atoms with Gasteiger partial charge in [0, 0.05) is 11.8 Å². The van der Waals surface area contributed by atoms with Crippen molar-refractivity contribution in [2.45, 2.75) is 25.7 Å². The lowest BCUT2D eigenvalue weighted by molar-refractivity contribution is 0.215. The van der Waals surface area contributed by atoms with Gasteiger partial charge in [-0.15, -0.1) is 0 Å². The topological polar surface area (TPSA) is 34.1 Å². The molecule has 1 aromatic rings. The first-order valence-corrected chi connectivity index (χ1v) is 6.05. The monoisotopic (exact) mass is 218 g/mol. The molecule has 3 nitrogen and oxygen atoms in total. The van der Waals surface area contributed by atoms with Crippen LogP contribution in [0.5, 0.6) is 5.88 Å². The Morgan fingerprint density at radius 3 is 2.81 bits per heavy atom. The van der Waals surface area contributed by atoms with Crippen LogP contribution in [0, 0.1) is 5.41 Å². The highest BCUT2D eigenvalue weighted by Gasteiger charge is 2.38. The number of pyridine rings is 1. The molecule has 0 aromatic carbocycles. The van der Waals surface area contributed by atoms with Crippen molar-refractivity contribution in [1.82, 2.24) is 10.3 Å². The first-order valence-electron chi connectivity index (χ1n) is 6.05. The van der Waals surface area contributed by atoms with Crippen LogP contribution in [0.25, 0.3) is 0 Å². The van der Waals surface area contributed by atoms with Crippen LogP contribution < -0.4 is 10.1 Å². The molecule has 3 rings (SSSR count). The second kappa shape index (κ2) is 3.74. The second-order valence-electron chi connectivity index (χ2n) is 5.06. The van der Waals surface area contributed by atoms with E-state index < -0.39 is 0 Å². The average molecular weight is 218 g/mol. The zero-order valence-corrected chi connectivity index (χ0v) is 9.75. The first kappa shape index (κ1) is 10.1. The third-order valence-electron chi connectivity index (χ3n) is 4.02. The molecule has 0 atom stereocenters. The summed E-state index contributed by atoms with van der Waals surface area (Å²) in [6, 6.07) is 4.18. The summed E-state index contributed by atoms with van der Waals surface area (Å²) in [4.78, 5) is 4.58. The summed E-state index contributed by atoms with van der Waals surface area (Å²) >= 11 is 0. The highest BCUT2D eigenvalue weighted by molar-refractivity contribution is 5.32. The standard InChI is InChI=1S/C13H18N2O/c1-16-12-3-2-10-8-13(9-11(10)15-12)4-6-14-7-5-13/h2-3,14H,4-9H2,1H3. The van der Waals surface area contributed by atoms with E-state index in [1.54, 1.807) is 7.11 Å². The van der Waals surface area contributed by atoms with Crippen LogP contribution in [0.4, 0.5) is 0 Å². The molecule has 16 heavy (non-hydrogen) atoms. The fourth-order valence-corrected chi connectivity index (χ4v) is 3.07. The fourth-order valence-electron chi connectivity index (χ4n) is 3.07. The smallest absolute Gasteiger partial charge is 0.213 e. The minimum absolute atomic E-state index is 0.493. The SMILES string of the molecule is COc1ccc2c(n1)CC1(CCNCC1)C2. The van der Waals surface area contributed by atoms with Gasteiger partial charge in [0.15, 0.2) is 0 Å². The number of ether oxygens (including phenoxy) is 1. The van der Waals surface area contributed by atoms with Crippen molar-refractivity contribution in [2.24, 2.45) is 5.41 Å². The number of hydrogen-bond donors (Lipinski definition) is 1. The summed E-state index contributed by atoms with van der Waals surface area (Å²) < 4.78 is 5.19. The predicted molar refractivity (Wildman–Crippen MR) is 62.7 cm³/mol. The van der Waals surface area contributed by atoms with Crippen molar-refractivity contribution in [1.29, 1.82) is 0 Å².